The quantitative estimate of drug-likeness (QED) is 0.825. The Morgan fingerprint density at radius 3 is 2.88 bits per heavy atom. The highest BCUT2D eigenvalue weighted by atomic mass is 79.9. The van der Waals surface area contributed by atoms with Crippen molar-refractivity contribution < 1.29 is 0 Å². The van der Waals surface area contributed by atoms with Crippen LogP contribution in [0.5, 0.6) is 0 Å². The van der Waals surface area contributed by atoms with Gasteiger partial charge in [-0.25, -0.2) is 5.01 Å². The van der Waals surface area contributed by atoms with Crippen molar-refractivity contribution in [2.75, 3.05) is 13.1 Å². The van der Waals surface area contributed by atoms with Crippen LogP contribution in [0.25, 0.3) is 0 Å². The van der Waals surface area contributed by atoms with Gasteiger partial charge in [-0.3, -0.25) is 10.4 Å². The lowest BCUT2D eigenvalue weighted by molar-refractivity contribution is 0.239. The van der Waals surface area contributed by atoms with Gasteiger partial charge in [-0.15, -0.1) is 0 Å². The molecule has 2 heterocycles. The van der Waals surface area contributed by atoms with Crippen molar-refractivity contribution in [3.8, 4) is 0 Å². The average Bonchev–Trinajstić information content (AvgIpc) is 2.94. The van der Waals surface area contributed by atoms with Gasteiger partial charge in [0, 0.05) is 24.1 Å². The highest BCUT2D eigenvalue weighted by Gasteiger charge is 2.23. The fraction of sp³-hybridized carbons (Fsp3) is 0.417. The van der Waals surface area contributed by atoms with Crippen LogP contribution in [0.1, 0.15) is 16.7 Å². The van der Waals surface area contributed by atoms with Crippen molar-refractivity contribution in [3.05, 3.63) is 33.3 Å². The second kappa shape index (κ2) is 4.31. The number of hydrogen-bond acceptors (Lipinski definition) is 4. The molecule has 0 spiro atoms. The van der Waals surface area contributed by atoms with Crippen LogP contribution in [-0.2, 0) is 13.1 Å². The normalized spacial score (nSPS) is 18.8. The number of benzene rings is 1. The summed E-state index contributed by atoms with van der Waals surface area (Å²) >= 11 is 3.62. The maximum atomic E-state index is 4.35. The SMILES string of the molecule is Cc1ccc(Br)c2c1CN(NC1=NCCN1)C2. The van der Waals surface area contributed by atoms with E-state index in [0.717, 1.165) is 32.1 Å². The summed E-state index contributed by atoms with van der Waals surface area (Å²) in [6.07, 6.45) is 0. The summed E-state index contributed by atoms with van der Waals surface area (Å²) in [5.74, 6) is 0.895. The molecule has 2 aliphatic rings. The minimum Gasteiger partial charge on any atom is -0.353 e. The number of fused-ring (bicyclic) bond motifs is 1. The summed E-state index contributed by atoms with van der Waals surface area (Å²) in [6, 6.07) is 4.29. The Kier molecular flexibility index (Phi) is 2.80. The molecular weight excluding hydrogens is 280 g/mol. The topological polar surface area (TPSA) is 39.7 Å². The standard InChI is InChI=1S/C12H15BrN4/c1-8-2-3-11(13)10-7-17(6-9(8)10)16-12-14-4-5-15-12/h2-3H,4-7H2,1H3,(H2,14,15,16). The van der Waals surface area contributed by atoms with Crippen LogP contribution < -0.4 is 10.7 Å². The summed E-state index contributed by atoms with van der Waals surface area (Å²) in [6.45, 7) is 5.82. The first-order chi connectivity index (χ1) is 8.24. The molecule has 1 aromatic rings. The second-order valence-corrected chi connectivity index (χ2v) is 5.30. The predicted molar refractivity (Wildman–Crippen MR) is 71.6 cm³/mol. The molecule has 17 heavy (non-hydrogen) atoms. The Labute approximate surface area is 109 Å². The molecule has 0 unspecified atom stereocenters. The third kappa shape index (κ3) is 2.05. The number of aliphatic imine (C=N–C) groups is 1. The van der Waals surface area contributed by atoms with Gasteiger partial charge in [-0.1, -0.05) is 22.0 Å². The van der Waals surface area contributed by atoms with Crippen molar-refractivity contribution in [3.63, 3.8) is 0 Å². The molecule has 1 aromatic carbocycles. The van der Waals surface area contributed by atoms with E-state index in [1.54, 1.807) is 0 Å². The van der Waals surface area contributed by atoms with Gasteiger partial charge in [0.1, 0.15) is 0 Å². The molecule has 0 amide bonds. The van der Waals surface area contributed by atoms with E-state index in [9.17, 15) is 0 Å². The van der Waals surface area contributed by atoms with Crippen molar-refractivity contribution in [2.24, 2.45) is 4.99 Å². The molecule has 2 aliphatic heterocycles. The number of aryl methyl sites for hydroxylation is 1. The minimum atomic E-state index is 0.867. The van der Waals surface area contributed by atoms with Gasteiger partial charge in [0.05, 0.1) is 6.54 Å². The first-order valence-electron chi connectivity index (χ1n) is 5.81. The molecular formula is C12H15BrN4. The Balaban J connectivity index is 1.78. The molecule has 0 fully saturated rings. The van der Waals surface area contributed by atoms with E-state index in [0.29, 0.717) is 0 Å². The molecule has 4 nitrogen and oxygen atoms in total. The summed E-state index contributed by atoms with van der Waals surface area (Å²) < 4.78 is 1.20. The Morgan fingerprint density at radius 2 is 2.18 bits per heavy atom. The molecule has 0 atom stereocenters. The zero-order valence-corrected chi connectivity index (χ0v) is 11.3. The van der Waals surface area contributed by atoms with Crippen molar-refractivity contribution in [2.45, 2.75) is 20.0 Å². The van der Waals surface area contributed by atoms with Gasteiger partial charge in [-0.05, 0) is 29.7 Å². The molecule has 5 heteroatoms. The zero-order valence-electron chi connectivity index (χ0n) is 9.76. The average molecular weight is 295 g/mol. The summed E-state index contributed by atoms with van der Waals surface area (Å²) in [7, 11) is 0. The number of rotatable bonds is 1. The molecule has 0 aliphatic carbocycles. The fourth-order valence-electron chi connectivity index (χ4n) is 2.31. The van der Waals surface area contributed by atoms with Crippen molar-refractivity contribution in [1.29, 1.82) is 0 Å². The van der Waals surface area contributed by atoms with E-state index in [1.165, 1.54) is 21.2 Å². The molecule has 0 saturated carbocycles. The molecule has 90 valence electrons. The summed E-state index contributed by atoms with van der Waals surface area (Å²) in [4.78, 5) is 4.35. The fourth-order valence-corrected chi connectivity index (χ4v) is 2.81. The van der Waals surface area contributed by atoms with Crippen LogP contribution >= 0.6 is 15.9 Å². The molecule has 0 saturated heterocycles. The van der Waals surface area contributed by atoms with Crippen LogP contribution in [0, 0.1) is 6.92 Å². The molecule has 0 aromatic heterocycles. The maximum absolute atomic E-state index is 4.35. The van der Waals surface area contributed by atoms with Gasteiger partial charge in [0.15, 0.2) is 0 Å². The lowest BCUT2D eigenvalue weighted by Gasteiger charge is -2.17. The van der Waals surface area contributed by atoms with E-state index in [1.807, 2.05) is 0 Å². The smallest absolute Gasteiger partial charge is 0.206 e. The van der Waals surface area contributed by atoms with E-state index in [2.05, 4.69) is 55.7 Å². The van der Waals surface area contributed by atoms with Crippen LogP contribution in [0.2, 0.25) is 0 Å². The number of halogens is 1. The van der Waals surface area contributed by atoms with Crippen molar-refractivity contribution in [1.82, 2.24) is 15.8 Å². The lowest BCUT2D eigenvalue weighted by Crippen LogP contribution is -2.43. The Morgan fingerprint density at radius 1 is 1.35 bits per heavy atom. The third-order valence-corrected chi connectivity index (χ3v) is 3.99. The summed E-state index contributed by atoms with van der Waals surface area (Å²) in [5.41, 5.74) is 7.49. The molecule has 2 N–H and O–H groups in total. The zero-order chi connectivity index (χ0) is 11.8. The predicted octanol–water partition coefficient (Wildman–Crippen LogP) is 1.54. The number of hydrogen-bond donors (Lipinski definition) is 2. The third-order valence-electron chi connectivity index (χ3n) is 3.24. The van der Waals surface area contributed by atoms with Crippen LogP contribution in [0.15, 0.2) is 21.6 Å². The largest absolute Gasteiger partial charge is 0.353 e. The minimum absolute atomic E-state index is 0.867. The first-order valence-corrected chi connectivity index (χ1v) is 6.60. The number of nitrogens with one attached hydrogen (secondary N) is 2. The van der Waals surface area contributed by atoms with E-state index in [-0.39, 0.29) is 0 Å². The maximum Gasteiger partial charge on any atom is 0.206 e. The van der Waals surface area contributed by atoms with E-state index < -0.39 is 0 Å². The molecule has 3 rings (SSSR count). The second-order valence-electron chi connectivity index (χ2n) is 4.45. The van der Waals surface area contributed by atoms with Gasteiger partial charge in [0.25, 0.3) is 0 Å². The van der Waals surface area contributed by atoms with E-state index in [4.69, 9.17) is 0 Å². The number of nitrogens with zero attached hydrogens (tertiary/aromatic N) is 2. The lowest BCUT2D eigenvalue weighted by atomic mass is 10.1. The van der Waals surface area contributed by atoms with Gasteiger partial charge < -0.3 is 5.32 Å². The highest BCUT2D eigenvalue weighted by molar-refractivity contribution is 9.10. The van der Waals surface area contributed by atoms with E-state index >= 15 is 0 Å². The van der Waals surface area contributed by atoms with Crippen LogP contribution in [0.4, 0.5) is 0 Å². The molecule has 0 radical (unpaired) electrons. The Hall–Kier alpha value is -1.07. The van der Waals surface area contributed by atoms with Crippen LogP contribution in [-0.4, -0.2) is 24.1 Å². The van der Waals surface area contributed by atoms with Gasteiger partial charge in [-0.2, -0.15) is 0 Å². The Bertz CT molecular complexity index is 453. The monoisotopic (exact) mass is 294 g/mol. The first kappa shape index (κ1) is 11.0. The van der Waals surface area contributed by atoms with Gasteiger partial charge in [0.2, 0.25) is 5.96 Å². The number of guanidine groups is 1. The van der Waals surface area contributed by atoms with Crippen molar-refractivity contribution >= 4 is 21.9 Å². The van der Waals surface area contributed by atoms with Crippen LogP contribution in [0.3, 0.4) is 0 Å². The summed E-state index contributed by atoms with van der Waals surface area (Å²) in [5, 5.41) is 5.42. The highest BCUT2D eigenvalue weighted by Crippen LogP contribution is 2.30. The number of hydrazine groups is 1. The molecule has 0 bridgehead atoms. The van der Waals surface area contributed by atoms with Gasteiger partial charge >= 0.3 is 0 Å².